The molecule has 1 amide bonds. The van der Waals surface area contributed by atoms with Crippen molar-refractivity contribution in [3.8, 4) is 0 Å². The van der Waals surface area contributed by atoms with Crippen molar-refractivity contribution in [2.24, 2.45) is 0 Å². The van der Waals surface area contributed by atoms with Gasteiger partial charge in [0.15, 0.2) is 0 Å². The molecule has 1 spiro atoms. The van der Waals surface area contributed by atoms with Crippen LogP contribution >= 0.6 is 11.8 Å². The highest BCUT2D eigenvalue weighted by Crippen LogP contribution is 2.39. The van der Waals surface area contributed by atoms with Gasteiger partial charge in [-0.3, -0.25) is 4.79 Å². The predicted molar refractivity (Wildman–Crippen MR) is 84.1 cm³/mol. The molecule has 1 aromatic rings. The van der Waals surface area contributed by atoms with Crippen molar-refractivity contribution >= 4 is 17.7 Å². The second kappa shape index (κ2) is 6.41. The molecule has 3 rings (SSSR count). The van der Waals surface area contributed by atoms with Crippen molar-refractivity contribution in [3.63, 3.8) is 0 Å². The summed E-state index contributed by atoms with van der Waals surface area (Å²) in [5.41, 5.74) is -0.925. The number of aromatic nitrogens is 2. The van der Waals surface area contributed by atoms with Crippen LogP contribution in [0.4, 0.5) is 0 Å². The number of ether oxygens (including phenoxy) is 1. The topological polar surface area (TPSA) is 88.7 Å². The van der Waals surface area contributed by atoms with Gasteiger partial charge in [0.1, 0.15) is 0 Å². The number of nitrogens with zero attached hydrogens (tertiary/aromatic N) is 3. The molecule has 2 aliphatic rings. The quantitative estimate of drug-likeness (QED) is 0.831. The van der Waals surface area contributed by atoms with Crippen molar-refractivity contribution in [2.45, 2.75) is 56.0 Å². The number of hydrogen-bond donors (Lipinski definition) is 1. The fourth-order valence-corrected chi connectivity index (χ4v) is 4.06. The third kappa shape index (κ3) is 4.05. The maximum absolute atomic E-state index is 12.3. The van der Waals surface area contributed by atoms with Crippen molar-refractivity contribution < 1.29 is 19.1 Å². The lowest BCUT2D eigenvalue weighted by atomic mass is 9.78. The molecule has 2 saturated heterocycles. The molecular formula is C15H23N3O4S. The Bertz CT molecular complexity index is 567. The summed E-state index contributed by atoms with van der Waals surface area (Å²) in [5.74, 6) is 0.873. The molecule has 0 radical (unpaired) electrons. The van der Waals surface area contributed by atoms with Crippen LogP contribution in [-0.4, -0.2) is 62.8 Å². The molecule has 0 aromatic carbocycles. The minimum Gasteiger partial charge on any atom is -0.416 e. The molecule has 7 nitrogen and oxygen atoms in total. The highest BCUT2D eigenvalue weighted by molar-refractivity contribution is 7.99. The summed E-state index contributed by atoms with van der Waals surface area (Å²) in [6.45, 7) is 5.52. The lowest BCUT2D eigenvalue weighted by molar-refractivity contribution is -0.174. The summed E-state index contributed by atoms with van der Waals surface area (Å²) in [7, 11) is 0. The standard InChI is InChI=1S/C15H23N3O4S/c1-11-16-17-13(22-11)23-9-12(19)18-6-3-15(4-7-18)10-14(2,20)5-8-21-15/h20H,3-10H2,1-2H3. The van der Waals surface area contributed by atoms with E-state index >= 15 is 0 Å². The van der Waals surface area contributed by atoms with Gasteiger partial charge in [-0.1, -0.05) is 11.8 Å². The SMILES string of the molecule is Cc1nnc(SCC(=O)N2CCC3(CC2)CC(C)(O)CCO3)o1. The smallest absolute Gasteiger partial charge is 0.277 e. The number of hydrogen-bond acceptors (Lipinski definition) is 7. The van der Waals surface area contributed by atoms with Crippen LogP contribution in [0.5, 0.6) is 0 Å². The number of aryl methyl sites for hydroxylation is 1. The Labute approximate surface area is 139 Å². The second-order valence-electron chi connectivity index (χ2n) is 6.71. The molecular weight excluding hydrogens is 318 g/mol. The number of amides is 1. The first-order valence-corrected chi connectivity index (χ1v) is 8.93. The van der Waals surface area contributed by atoms with Gasteiger partial charge < -0.3 is 19.2 Å². The second-order valence-corrected chi connectivity index (χ2v) is 7.64. The Morgan fingerprint density at radius 3 is 2.70 bits per heavy atom. The van der Waals surface area contributed by atoms with Gasteiger partial charge in [0, 0.05) is 26.4 Å². The number of rotatable bonds is 3. The van der Waals surface area contributed by atoms with E-state index in [0.29, 0.717) is 49.4 Å². The van der Waals surface area contributed by atoms with Gasteiger partial charge in [-0.2, -0.15) is 0 Å². The Kier molecular flexibility index (Phi) is 4.66. The van der Waals surface area contributed by atoms with Gasteiger partial charge in [-0.25, -0.2) is 0 Å². The van der Waals surface area contributed by atoms with Gasteiger partial charge in [-0.15, -0.1) is 10.2 Å². The zero-order valence-electron chi connectivity index (χ0n) is 13.6. The van der Waals surface area contributed by atoms with Crippen LogP contribution in [0.15, 0.2) is 9.64 Å². The van der Waals surface area contributed by atoms with Crippen LogP contribution in [0, 0.1) is 6.92 Å². The molecule has 1 aromatic heterocycles. The monoisotopic (exact) mass is 341 g/mol. The third-order valence-corrected chi connectivity index (χ3v) is 5.41. The molecule has 3 heterocycles. The molecule has 23 heavy (non-hydrogen) atoms. The molecule has 1 atom stereocenters. The largest absolute Gasteiger partial charge is 0.416 e. The summed E-state index contributed by atoms with van der Waals surface area (Å²) in [6, 6.07) is 0. The van der Waals surface area contributed by atoms with E-state index in [0.717, 1.165) is 12.8 Å². The zero-order valence-corrected chi connectivity index (χ0v) is 14.4. The van der Waals surface area contributed by atoms with Gasteiger partial charge in [0.2, 0.25) is 11.8 Å². The molecule has 2 aliphatic heterocycles. The number of likely N-dealkylation sites (tertiary alicyclic amines) is 1. The van der Waals surface area contributed by atoms with Crippen molar-refractivity contribution in [3.05, 3.63) is 5.89 Å². The average Bonchev–Trinajstić information content (AvgIpc) is 2.90. The summed E-state index contributed by atoms with van der Waals surface area (Å²) < 4.78 is 11.2. The summed E-state index contributed by atoms with van der Waals surface area (Å²) in [5, 5.41) is 18.3. The van der Waals surface area contributed by atoms with E-state index in [9.17, 15) is 9.90 Å². The summed E-state index contributed by atoms with van der Waals surface area (Å²) >= 11 is 1.27. The number of thioether (sulfide) groups is 1. The van der Waals surface area contributed by atoms with Crippen molar-refractivity contribution in [1.29, 1.82) is 0 Å². The highest BCUT2D eigenvalue weighted by atomic mass is 32.2. The number of carbonyl (C=O) groups is 1. The molecule has 0 aliphatic carbocycles. The fourth-order valence-electron chi connectivity index (χ4n) is 3.36. The first kappa shape index (κ1) is 16.7. The lowest BCUT2D eigenvalue weighted by Crippen LogP contribution is -2.54. The Hall–Kier alpha value is -1.12. The predicted octanol–water partition coefficient (Wildman–Crippen LogP) is 1.39. The van der Waals surface area contributed by atoms with Crippen LogP contribution in [0.25, 0.3) is 0 Å². The number of carbonyl (C=O) groups excluding carboxylic acids is 1. The third-order valence-electron chi connectivity index (χ3n) is 4.61. The maximum Gasteiger partial charge on any atom is 0.277 e. The Balaban J connectivity index is 1.49. The minimum atomic E-state index is -0.657. The van der Waals surface area contributed by atoms with Gasteiger partial charge in [-0.05, 0) is 26.2 Å². The van der Waals surface area contributed by atoms with Crippen LogP contribution in [0.1, 0.15) is 38.5 Å². The van der Waals surface area contributed by atoms with E-state index < -0.39 is 5.60 Å². The van der Waals surface area contributed by atoms with E-state index in [4.69, 9.17) is 9.15 Å². The number of piperidine rings is 1. The molecule has 8 heteroatoms. The molecule has 0 bridgehead atoms. The Morgan fingerprint density at radius 2 is 2.09 bits per heavy atom. The molecule has 1 unspecified atom stereocenters. The molecule has 0 saturated carbocycles. The van der Waals surface area contributed by atoms with E-state index in [-0.39, 0.29) is 11.5 Å². The summed E-state index contributed by atoms with van der Waals surface area (Å²) in [4.78, 5) is 14.2. The van der Waals surface area contributed by atoms with Crippen molar-refractivity contribution in [1.82, 2.24) is 15.1 Å². The van der Waals surface area contributed by atoms with Crippen LogP contribution in [0.2, 0.25) is 0 Å². The van der Waals surface area contributed by atoms with E-state index in [1.54, 1.807) is 6.92 Å². The fraction of sp³-hybridized carbons (Fsp3) is 0.800. The minimum absolute atomic E-state index is 0.0725. The van der Waals surface area contributed by atoms with E-state index in [1.807, 2.05) is 11.8 Å². The lowest BCUT2D eigenvalue weighted by Gasteiger charge is -2.48. The summed E-state index contributed by atoms with van der Waals surface area (Å²) in [6.07, 6.45) is 2.88. The molecule has 128 valence electrons. The van der Waals surface area contributed by atoms with Crippen LogP contribution < -0.4 is 0 Å². The zero-order chi connectivity index (χ0) is 16.5. The van der Waals surface area contributed by atoms with Gasteiger partial charge in [0.25, 0.3) is 5.22 Å². The Morgan fingerprint density at radius 1 is 1.35 bits per heavy atom. The first-order valence-electron chi connectivity index (χ1n) is 7.95. The van der Waals surface area contributed by atoms with Gasteiger partial charge in [0.05, 0.1) is 23.6 Å². The first-order chi connectivity index (χ1) is 10.9. The van der Waals surface area contributed by atoms with Crippen LogP contribution in [-0.2, 0) is 9.53 Å². The maximum atomic E-state index is 12.3. The molecule has 2 fully saturated rings. The highest BCUT2D eigenvalue weighted by Gasteiger charge is 2.44. The molecule has 1 N–H and O–H groups in total. The van der Waals surface area contributed by atoms with Gasteiger partial charge >= 0.3 is 0 Å². The van der Waals surface area contributed by atoms with Crippen molar-refractivity contribution in [2.75, 3.05) is 25.4 Å². The average molecular weight is 341 g/mol. The normalized spacial score (nSPS) is 27.3. The van der Waals surface area contributed by atoms with Crippen LogP contribution in [0.3, 0.4) is 0 Å². The van der Waals surface area contributed by atoms with E-state index in [2.05, 4.69) is 10.2 Å². The van der Waals surface area contributed by atoms with E-state index in [1.165, 1.54) is 11.8 Å². The number of aliphatic hydroxyl groups is 1.